The molecule has 5 nitrogen and oxygen atoms in total. The number of halogens is 2. The molecule has 1 aliphatic rings. The van der Waals surface area contributed by atoms with Crippen molar-refractivity contribution in [1.29, 1.82) is 0 Å². The van der Waals surface area contributed by atoms with E-state index < -0.39 is 23.7 Å². The number of nitrogens with zero attached hydrogens (tertiary/aromatic N) is 1. The number of carbonyl (C=O) groups is 3. The van der Waals surface area contributed by atoms with Crippen LogP contribution in [0.2, 0.25) is 10.0 Å². The van der Waals surface area contributed by atoms with Gasteiger partial charge >= 0.3 is 5.97 Å². The van der Waals surface area contributed by atoms with Crippen LogP contribution in [0.1, 0.15) is 25.8 Å². The zero-order valence-electron chi connectivity index (χ0n) is 13.0. The normalized spacial score (nSPS) is 17.5. The average Bonchev–Trinajstić information content (AvgIpc) is 2.78. The standard InChI is InChI=1S/C16H15Cl2NO4S/c1-3-9(2)23-14(20)8-19-15(21)13(24-16(19)22)7-10-11(17)5-4-6-12(10)18/h4-7,9H,3,8H2,1-2H3/b13-7+/t9-/m1/s1. The lowest BCUT2D eigenvalue weighted by Crippen LogP contribution is -2.35. The highest BCUT2D eigenvalue weighted by Crippen LogP contribution is 2.35. The molecule has 128 valence electrons. The second kappa shape index (κ2) is 8.05. The molecule has 0 aromatic heterocycles. The number of carbonyl (C=O) groups excluding carboxylic acids is 3. The molecule has 0 N–H and O–H groups in total. The van der Waals surface area contributed by atoms with Crippen LogP contribution in [-0.2, 0) is 14.3 Å². The summed E-state index contributed by atoms with van der Waals surface area (Å²) in [4.78, 5) is 37.2. The fraction of sp³-hybridized carbons (Fsp3) is 0.312. The lowest BCUT2D eigenvalue weighted by Gasteiger charge is -2.14. The maximum Gasteiger partial charge on any atom is 0.326 e. The zero-order valence-corrected chi connectivity index (χ0v) is 15.4. The molecule has 2 rings (SSSR count). The van der Waals surface area contributed by atoms with E-state index in [9.17, 15) is 14.4 Å². The van der Waals surface area contributed by atoms with Gasteiger partial charge in [0.2, 0.25) is 0 Å². The van der Waals surface area contributed by atoms with E-state index in [1.165, 1.54) is 6.08 Å². The first-order valence-corrected chi connectivity index (χ1v) is 8.79. The van der Waals surface area contributed by atoms with Gasteiger partial charge in [-0.1, -0.05) is 36.2 Å². The van der Waals surface area contributed by atoms with E-state index in [0.717, 1.165) is 16.7 Å². The molecule has 1 saturated heterocycles. The van der Waals surface area contributed by atoms with Gasteiger partial charge in [0.1, 0.15) is 6.54 Å². The third-order valence-corrected chi connectivity index (χ3v) is 4.91. The Balaban J connectivity index is 2.17. The van der Waals surface area contributed by atoms with Crippen LogP contribution in [0.3, 0.4) is 0 Å². The van der Waals surface area contributed by atoms with Gasteiger partial charge in [-0.15, -0.1) is 0 Å². The molecule has 1 aliphatic heterocycles. The van der Waals surface area contributed by atoms with Crippen LogP contribution in [0, 0.1) is 0 Å². The molecule has 0 spiro atoms. The molecule has 1 fully saturated rings. The highest BCUT2D eigenvalue weighted by Gasteiger charge is 2.37. The molecule has 0 radical (unpaired) electrons. The third kappa shape index (κ3) is 4.32. The van der Waals surface area contributed by atoms with Gasteiger partial charge in [0.05, 0.1) is 11.0 Å². The predicted octanol–water partition coefficient (Wildman–Crippen LogP) is 4.37. The van der Waals surface area contributed by atoms with Gasteiger partial charge in [0.15, 0.2) is 0 Å². The molecule has 24 heavy (non-hydrogen) atoms. The van der Waals surface area contributed by atoms with Crippen LogP contribution in [0.25, 0.3) is 6.08 Å². The molecule has 2 amide bonds. The minimum Gasteiger partial charge on any atom is -0.461 e. The maximum atomic E-state index is 12.4. The van der Waals surface area contributed by atoms with Gasteiger partial charge in [-0.2, -0.15) is 0 Å². The predicted molar refractivity (Wildman–Crippen MR) is 95.0 cm³/mol. The Bertz CT molecular complexity index is 700. The first kappa shape index (κ1) is 18.8. The summed E-state index contributed by atoms with van der Waals surface area (Å²) in [5.41, 5.74) is 0.452. The summed E-state index contributed by atoms with van der Waals surface area (Å²) in [6.45, 7) is 3.20. The van der Waals surface area contributed by atoms with Crippen LogP contribution < -0.4 is 0 Å². The Hall–Kier alpha value is -1.50. The molecule has 8 heteroatoms. The van der Waals surface area contributed by atoms with Crippen molar-refractivity contribution in [2.45, 2.75) is 26.4 Å². The van der Waals surface area contributed by atoms with Gasteiger partial charge in [-0.25, -0.2) is 0 Å². The van der Waals surface area contributed by atoms with E-state index in [1.807, 2.05) is 6.92 Å². The first-order valence-electron chi connectivity index (χ1n) is 7.22. The molecule has 1 aromatic rings. The van der Waals surface area contributed by atoms with E-state index in [2.05, 4.69) is 0 Å². The Morgan fingerprint density at radius 2 is 1.96 bits per heavy atom. The topological polar surface area (TPSA) is 63.7 Å². The SMILES string of the molecule is CC[C@@H](C)OC(=O)CN1C(=O)S/C(=C/c2c(Cl)cccc2Cl)C1=O. The van der Waals surface area contributed by atoms with Crippen molar-refractivity contribution in [1.82, 2.24) is 4.90 Å². The average molecular weight is 388 g/mol. The summed E-state index contributed by atoms with van der Waals surface area (Å²) in [7, 11) is 0. The summed E-state index contributed by atoms with van der Waals surface area (Å²) in [5.74, 6) is -1.19. The number of benzene rings is 1. The number of amides is 2. The van der Waals surface area contributed by atoms with Gasteiger partial charge in [-0.3, -0.25) is 19.3 Å². The molecule has 0 saturated carbocycles. The number of thioether (sulfide) groups is 1. The van der Waals surface area contributed by atoms with Crippen molar-refractivity contribution in [3.05, 3.63) is 38.7 Å². The third-order valence-electron chi connectivity index (χ3n) is 3.34. The minimum absolute atomic E-state index is 0.159. The van der Waals surface area contributed by atoms with E-state index >= 15 is 0 Å². The second-order valence-corrected chi connectivity index (χ2v) is 6.92. The van der Waals surface area contributed by atoms with Crippen LogP contribution in [0.5, 0.6) is 0 Å². The number of ether oxygens (including phenoxy) is 1. The highest BCUT2D eigenvalue weighted by atomic mass is 35.5. The molecule has 0 bridgehead atoms. The van der Waals surface area contributed by atoms with Crippen LogP contribution in [0.4, 0.5) is 4.79 Å². The fourth-order valence-corrected chi connectivity index (χ4v) is 3.22. The highest BCUT2D eigenvalue weighted by molar-refractivity contribution is 8.18. The summed E-state index contributed by atoms with van der Waals surface area (Å²) in [6, 6.07) is 4.94. The summed E-state index contributed by atoms with van der Waals surface area (Å²) in [6.07, 6.45) is 1.84. The lowest BCUT2D eigenvalue weighted by atomic mass is 10.2. The summed E-state index contributed by atoms with van der Waals surface area (Å²) in [5, 5.41) is 0.200. The van der Waals surface area contributed by atoms with Crippen LogP contribution in [-0.4, -0.2) is 34.7 Å². The summed E-state index contributed by atoms with van der Waals surface area (Å²) < 4.78 is 5.09. The monoisotopic (exact) mass is 387 g/mol. The number of imide groups is 1. The molecule has 1 aromatic carbocycles. The van der Waals surface area contributed by atoms with Crippen molar-refractivity contribution in [3.8, 4) is 0 Å². The van der Waals surface area contributed by atoms with Crippen molar-refractivity contribution in [2.24, 2.45) is 0 Å². The Morgan fingerprint density at radius 1 is 1.33 bits per heavy atom. The molecule has 0 unspecified atom stereocenters. The number of hydrogen-bond donors (Lipinski definition) is 0. The minimum atomic E-state index is -0.622. The van der Waals surface area contributed by atoms with Gasteiger partial charge in [0, 0.05) is 15.6 Å². The van der Waals surface area contributed by atoms with Gasteiger partial charge in [0.25, 0.3) is 11.1 Å². The Kier molecular flexibility index (Phi) is 6.32. The summed E-state index contributed by atoms with van der Waals surface area (Å²) >= 11 is 12.9. The van der Waals surface area contributed by atoms with E-state index in [1.54, 1.807) is 25.1 Å². The number of rotatable bonds is 5. The van der Waals surface area contributed by atoms with Crippen molar-refractivity contribution < 1.29 is 19.1 Å². The molecular weight excluding hydrogens is 373 g/mol. The molecular formula is C16H15Cl2NO4S. The maximum absolute atomic E-state index is 12.4. The van der Waals surface area contributed by atoms with Gasteiger partial charge in [-0.05, 0) is 43.3 Å². The number of hydrogen-bond acceptors (Lipinski definition) is 5. The second-order valence-electron chi connectivity index (χ2n) is 5.11. The molecule has 1 atom stereocenters. The Morgan fingerprint density at radius 3 is 2.54 bits per heavy atom. The van der Waals surface area contributed by atoms with E-state index in [4.69, 9.17) is 27.9 Å². The fourth-order valence-electron chi connectivity index (χ4n) is 1.89. The van der Waals surface area contributed by atoms with E-state index in [0.29, 0.717) is 22.0 Å². The van der Waals surface area contributed by atoms with Gasteiger partial charge < -0.3 is 4.74 Å². The van der Waals surface area contributed by atoms with Crippen LogP contribution in [0.15, 0.2) is 23.1 Å². The molecule has 1 heterocycles. The van der Waals surface area contributed by atoms with Crippen molar-refractivity contribution in [3.63, 3.8) is 0 Å². The lowest BCUT2D eigenvalue weighted by molar-refractivity contribution is -0.150. The Labute approximate surface area is 153 Å². The smallest absolute Gasteiger partial charge is 0.326 e. The largest absolute Gasteiger partial charge is 0.461 e. The quantitative estimate of drug-likeness (QED) is 0.554. The van der Waals surface area contributed by atoms with Crippen LogP contribution >= 0.6 is 35.0 Å². The van der Waals surface area contributed by atoms with Crippen molar-refractivity contribution in [2.75, 3.05) is 6.54 Å². The van der Waals surface area contributed by atoms with Crippen molar-refractivity contribution >= 4 is 58.2 Å². The first-order chi connectivity index (χ1) is 11.3. The zero-order chi connectivity index (χ0) is 17.9. The molecule has 0 aliphatic carbocycles. The van der Waals surface area contributed by atoms with E-state index in [-0.39, 0.29) is 11.0 Å². The number of esters is 1.